The van der Waals surface area contributed by atoms with E-state index < -0.39 is 17.9 Å². The molecule has 1 unspecified atom stereocenters. The predicted molar refractivity (Wildman–Crippen MR) is 79.2 cm³/mol. The maximum atomic E-state index is 11.9. The van der Waals surface area contributed by atoms with Crippen molar-refractivity contribution in [2.24, 2.45) is 0 Å². The average molecular weight is 299 g/mol. The van der Waals surface area contributed by atoms with Crippen LogP contribution in [0.1, 0.15) is 20.3 Å². The van der Waals surface area contributed by atoms with Crippen molar-refractivity contribution in [1.82, 2.24) is 10.2 Å². The highest BCUT2D eigenvalue weighted by molar-refractivity contribution is 7.98. The van der Waals surface area contributed by atoms with Crippen LogP contribution in [-0.2, 0) is 9.59 Å². The number of amides is 1. The van der Waals surface area contributed by atoms with E-state index in [1.807, 2.05) is 26.2 Å². The largest absolute Gasteiger partial charge is 0.480 e. The van der Waals surface area contributed by atoms with Gasteiger partial charge in [-0.3, -0.25) is 4.79 Å². The Hall–Kier alpha value is -1.68. The highest BCUT2D eigenvalue weighted by atomic mass is 32.2. The number of nitriles is 1. The van der Waals surface area contributed by atoms with Crippen molar-refractivity contribution in [2.75, 3.05) is 25.1 Å². The number of hydrogen-bond donors (Lipinski definition) is 2. The van der Waals surface area contributed by atoms with E-state index in [9.17, 15) is 9.59 Å². The SMILES string of the molecule is CCN(/C=C(/C#N)C(=O)NC(CCSC)C(=O)O)CC. The first-order valence-corrected chi connectivity index (χ1v) is 7.78. The summed E-state index contributed by atoms with van der Waals surface area (Å²) in [6, 6.07) is 0.842. The third-order valence-electron chi connectivity index (χ3n) is 2.70. The van der Waals surface area contributed by atoms with Crippen molar-refractivity contribution in [3.05, 3.63) is 11.8 Å². The Morgan fingerprint density at radius 3 is 2.45 bits per heavy atom. The zero-order valence-electron chi connectivity index (χ0n) is 12.0. The number of rotatable bonds is 9. The topological polar surface area (TPSA) is 93.4 Å². The molecule has 0 saturated carbocycles. The van der Waals surface area contributed by atoms with Gasteiger partial charge in [0.2, 0.25) is 0 Å². The second-order valence-corrected chi connectivity index (χ2v) is 5.01. The molecular weight excluding hydrogens is 278 g/mol. The van der Waals surface area contributed by atoms with Crippen LogP contribution in [0.2, 0.25) is 0 Å². The maximum Gasteiger partial charge on any atom is 0.326 e. The van der Waals surface area contributed by atoms with Crippen molar-refractivity contribution in [2.45, 2.75) is 26.3 Å². The van der Waals surface area contributed by atoms with Gasteiger partial charge in [-0.15, -0.1) is 0 Å². The molecule has 0 aromatic carbocycles. The zero-order valence-corrected chi connectivity index (χ0v) is 12.9. The number of aliphatic carboxylic acids is 1. The summed E-state index contributed by atoms with van der Waals surface area (Å²) in [5, 5.41) is 20.4. The quantitative estimate of drug-likeness (QED) is 0.488. The third kappa shape index (κ3) is 6.48. The van der Waals surface area contributed by atoms with E-state index in [1.54, 1.807) is 4.90 Å². The second-order valence-electron chi connectivity index (χ2n) is 4.02. The maximum absolute atomic E-state index is 11.9. The lowest BCUT2D eigenvalue weighted by Gasteiger charge is -2.17. The molecule has 0 radical (unpaired) electrons. The number of carboxylic acid groups (broad SMARTS) is 1. The number of carbonyl (C=O) groups excluding carboxylic acids is 1. The van der Waals surface area contributed by atoms with E-state index in [0.29, 0.717) is 25.3 Å². The highest BCUT2D eigenvalue weighted by Gasteiger charge is 2.21. The van der Waals surface area contributed by atoms with Gasteiger partial charge in [-0.2, -0.15) is 17.0 Å². The summed E-state index contributed by atoms with van der Waals surface area (Å²) in [7, 11) is 0. The van der Waals surface area contributed by atoms with E-state index in [2.05, 4.69) is 5.32 Å². The van der Waals surface area contributed by atoms with Gasteiger partial charge in [0.05, 0.1) is 0 Å². The van der Waals surface area contributed by atoms with Crippen molar-refractivity contribution in [1.29, 1.82) is 5.26 Å². The molecule has 0 aromatic rings. The van der Waals surface area contributed by atoms with Crippen LogP contribution < -0.4 is 5.32 Å². The van der Waals surface area contributed by atoms with E-state index >= 15 is 0 Å². The lowest BCUT2D eigenvalue weighted by atomic mass is 10.2. The second kappa shape index (κ2) is 10.1. The minimum atomic E-state index is -1.09. The van der Waals surface area contributed by atoms with Crippen molar-refractivity contribution in [3.8, 4) is 6.07 Å². The van der Waals surface area contributed by atoms with Gasteiger partial charge >= 0.3 is 5.97 Å². The monoisotopic (exact) mass is 299 g/mol. The lowest BCUT2D eigenvalue weighted by molar-refractivity contribution is -0.141. The normalized spacial score (nSPS) is 12.4. The molecule has 0 fully saturated rings. The fourth-order valence-corrected chi connectivity index (χ4v) is 1.93. The number of hydrogen-bond acceptors (Lipinski definition) is 5. The van der Waals surface area contributed by atoms with Gasteiger partial charge in [0.25, 0.3) is 5.91 Å². The van der Waals surface area contributed by atoms with Crippen LogP contribution in [0.15, 0.2) is 11.8 Å². The minimum absolute atomic E-state index is 0.0795. The Bertz CT molecular complexity index is 400. The number of nitrogens with one attached hydrogen (secondary N) is 1. The van der Waals surface area contributed by atoms with E-state index in [1.165, 1.54) is 18.0 Å². The van der Waals surface area contributed by atoms with Crippen LogP contribution >= 0.6 is 11.8 Å². The molecule has 0 bridgehead atoms. The first kappa shape index (κ1) is 18.3. The molecule has 0 saturated heterocycles. The summed E-state index contributed by atoms with van der Waals surface area (Å²) in [5.41, 5.74) is -0.0795. The molecule has 1 amide bonds. The summed E-state index contributed by atoms with van der Waals surface area (Å²) in [6.07, 6.45) is 3.65. The average Bonchev–Trinajstić information content (AvgIpc) is 2.44. The smallest absolute Gasteiger partial charge is 0.326 e. The van der Waals surface area contributed by atoms with Crippen molar-refractivity contribution >= 4 is 23.6 Å². The molecular formula is C13H21N3O3S. The molecule has 0 aliphatic heterocycles. The number of carboxylic acids is 1. The summed E-state index contributed by atoms with van der Waals surface area (Å²) < 4.78 is 0. The van der Waals surface area contributed by atoms with Crippen LogP contribution in [-0.4, -0.2) is 53.0 Å². The predicted octanol–water partition coefficient (Wildman–Crippen LogP) is 1.06. The fraction of sp³-hybridized carbons (Fsp3) is 0.615. The number of nitrogens with zero attached hydrogens (tertiary/aromatic N) is 2. The van der Waals surface area contributed by atoms with Crippen LogP contribution in [0.5, 0.6) is 0 Å². The molecule has 0 heterocycles. The summed E-state index contributed by atoms with van der Waals surface area (Å²) in [6.45, 7) is 5.16. The van der Waals surface area contributed by atoms with E-state index in [-0.39, 0.29) is 5.57 Å². The van der Waals surface area contributed by atoms with Gasteiger partial charge in [0, 0.05) is 19.3 Å². The molecule has 6 nitrogen and oxygen atoms in total. The Kier molecular flexibility index (Phi) is 9.30. The summed E-state index contributed by atoms with van der Waals surface area (Å²) in [4.78, 5) is 24.8. The van der Waals surface area contributed by atoms with Gasteiger partial charge in [0.1, 0.15) is 17.7 Å². The standard InChI is InChI=1S/C13H21N3O3S/c1-4-16(5-2)9-10(8-14)12(17)15-11(13(18)19)6-7-20-3/h9,11H,4-7H2,1-3H3,(H,15,17)(H,18,19)/b10-9-. The minimum Gasteiger partial charge on any atom is -0.480 e. The Balaban J connectivity index is 4.84. The molecule has 0 rings (SSSR count). The third-order valence-corrected chi connectivity index (χ3v) is 3.35. The van der Waals surface area contributed by atoms with Crippen LogP contribution in [0.25, 0.3) is 0 Å². The number of thioether (sulfide) groups is 1. The Labute approximate surface area is 123 Å². The Morgan fingerprint density at radius 2 is 2.05 bits per heavy atom. The zero-order chi connectivity index (χ0) is 15.5. The van der Waals surface area contributed by atoms with Gasteiger partial charge < -0.3 is 15.3 Å². The van der Waals surface area contributed by atoms with E-state index in [0.717, 1.165) is 0 Å². The van der Waals surface area contributed by atoms with E-state index in [4.69, 9.17) is 10.4 Å². The summed E-state index contributed by atoms with van der Waals surface area (Å²) in [5.74, 6) is -1.11. The molecule has 0 aromatic heterocycles. The first-order valence-electron chi connectivity index (χ1n) is 6.38. The summed E-state index contributed by atoms with van der Waals surface area (Å²) >= 11 is 1.50. The van der Waals surface area contributed by atoms with Crippen LogP contribution in [0.3, 0.4) is 0 Å². The van der Waals surface area contributed by atoms with Gasteiger partial charge in [-0.05, 0) is 32.3 Å². The molecule has 20 heavy (non-hydrogen) atoms. The highest BCUT2D eigenvalue weighted by Crippen LogP contribution is 2.04. The molecule has 112 valence electrons. The van der Waals surface area contributed by atoms with Gasteiger partial charge in [-0.25, -0.2) is 4.79 Å². The number of carbonyl (C=O) groups is 2. The molecule has 1 atom stereocenters. The lowest BCUT2D eigenvalue weighted by Crippen LogP contribution is -2.42. The fourth-order valence-electron chi connectivity index (χ4n) is 1.46. The molecule has 0 aliphatic carbocycles. The van der Waals surface area contributed by atoms with Gasteiger partial charge in [0.15, 0.2) is 0 Å². The van der Waals surface area contributed by atoms with Crippen LogP contribution in [0, 0.1) is 11.3 Å². The molecule has 2 N–H and O–H groups in total. The van der Waals surface area contributed by atoms with Crippen molar-refractivity contribution in [3.63, 3.8) is 0 Å². The molecule has 0 aliphatic rings. The van der Waals surface area contributed by atoms with Crippen LogP contribution in [0.4, 0.5) is 0 Å². The Morgan fingerprint density at radius 1 is 1.45 bits per heavy atom. The van der Waals surface area contributed by atoms with Crippen molar-refractivity contribution < 1.29 is 14.7 Å². The first-order chi connectivity index (χ1) is 9.49. The molecule has 7 heteroatoms. The molecule has 0 spiro atoms. The van der Waals surface area contributed by atoms with Gasteiger partial charge in [-0.1, -0.05) is 0 Å².